The molecule has 0 aliphatic carbocycles. The van der Waals surface area contributed by atoms with E-state index in [1.807, 2.05) is 37.2 Å². The van der Waals surface area contributed by atoms with Crippen molar-refractivity contribution < 1.29 is 14.2 Å². The summed E-state index contributed by atoms with van der Waals surface area (Å²) in [6.45, 7) is 4.54. The summed E-state index contributed by atoms with van der Waals surface area (Å²) in [5.74, 6) is 3.20. The van der Waals surface area contributed by atoms with Crippen molar-refractivity contribution in [2.24, 2.45) is 0 Å². The number of anilines is 3. The Morgan fingerprint density at radius 2 is 1.91 bits per heavy atom. The lowest BCUT2D eigenvalue weighted by Gasteiger charge is -2.17. The van der Waals surface area contributed by atoms with Gasteiger partial charge in [0.05, 0.1) is 31.5 Å². The van der Waals surface area contributed by atoms with Gasteiger partial charge in [0.15, 0.2) is 17.3 Å². The fraction of sp³-hybridized carbons (Fsp3) is 0.522. The van der Waals surface area contributed by atoms with Crippen LogP contribution < -0.4 is 19.7 Å². The number of aromatic nitrogens is 4. The topological polar surface area (TPSA) is 101 Å². The molecule has 33 heavy (non-hydrogen) atoms. The lowest BCUT2D eigenvalue weighted by molar-refractivity contribution is 0.181. The first-order valence-electron chi connectivity index (χ1n) is 11.3. The molecule has 1 fully saturated rings. The van der Waals surface area contributed by atoms with Crippen molar-refractivity contribution in [3.05, 3.63) is 23.9 Å². The van der Waals surface area contributed by atoms with Crippen LogP contribution in [0.3, 0.4) is 0 Å². The maximum atomic E-state index is 6.11. The van der Waals surface area contributed by atoms with Gasteiger partial charge in [-0.25, -0.2) is 4.98 Å². The maximum Gasteiger partial charge on any atom is 0.227 e. The quantitative estimate of drug-likeness (QED) is 0.422. The molecule has 1 aliphatic rings. The van der Waals surface area contributed by atoms with Crippen LogP contribution in [0.2, 0.25) is 0 Å². The molecule has 0 amide bonds. The highest BCUT2D eigenvalue weighted by molar-refractivity contribution is 5.94. The van der Waals surface area contributed by atoms with Gasteiger partial charge in [0, 0.05) is 45.3 Å². The molecule has 3 aromatic rings. The number of nitrogens with zero attached hydrogens (tertiary/aromatic N) is 5. The van der Waals surface area contributed by atoms with E-state index in [2.05, 4.69) is 20.4 Å². The van der Waals surface area contributed by atoms with Crippen LogP contribution in [-0.4, -0.2) is 79.6 Å². The molecule has 0 spiro atoms. The van der Waals surface area contributed by atoms with E-state index in [1.165, 1.54) is 25.9 Å². The van der Waals surface area contributed by atoms with Gasteiger partial charge < -0.3 is 29.3 Å². The molecular weight excluding hydrogens is 422 g/mol. The second-order valence-corrected chi connectivity index (χ2v) is 8.37. The zero-order valence-electron chi connectivity index (χ0n) is 19.8. The van der Waals surface area contributed by atoms with Gasteiger partial charge in [-0.05, 0) is 38.4 Å². The van der Waals surface area contributed by atoms with Crippen molar-refractivity contribution in [1.29, 1.82) is 0 Å². The first kappa shape index (κ1) is 23.1. The largest absolute Gasteiger partial charge is 0.493 e. The third kappa shape index (κ3) is 5.63. The minimum atomic E-state index is 0.453. The van der Waals surface area contributed by atoms with Gasteiger partial charge in [-0.2, -0.15) is 10.1 Å². The molecule has 0 atom stereocenters. The van der Waals surface area contributed by atoms with E-state index in [9.17, 15) is 0 Å². The Morgan fingerprint density at radius 3 is 2.64 bits per heavy atom. The van der Waals surface area contributed by atoms with Crippen molar-refractivity contribution in [3.63, 3.8) is 0 Å². The summed E-state index contributed by atoms with van der Waals surface area (Å²) in [5, 5.41) is 11.4. The van der Waals surface area contributed by atoms with Gasteiger partial charge in [0.1, 0.15) is 5.82 Å². The van der Waals surface area contributed by atoms with Crippen molar-refractivity contribution >= 4 is 28.5 Å². The minimum absolute atomic E-state index is 0.453. The number of methoxy groups -OCH3 is 2. The van der Waals surface area contributed by atoms with Gasteiger partial charge in [-0.1, -0.05) is 0 Å². The molecule has 0 unspecified atom stereocenters. The Labute approximate surface area is 194 Å². The Bertz CT molecular complexity index is 1060. The van der Waals surface area contributed by atoms with Crippen LogP contribution in [0.5, 0.6) is 11.5 Å². The molecule has 1 saturated heterocycles. The van der Waals surface area contributed by atoms with Crippen LogP contribution in [0.15, 0.2) is 18.2 Å². The van der Waals surface area contributed by atoms with E-state index in [-0.39, 0.29) is 0 Å². The highest BCUT2D eigenvalue weighted by Crippen LogP contribution is 2.36. The summed E-state index contributed by atoms with van der Waals surface area (Å²) in [6, 6.07) is 5.72. The Kier molecular flexibility index (Phi) is 7.46. The molecule has 4 rings (SSSR count). The molecule has 1 aliphatic heterocycles. The van der Waals surface area contributed by atoms with Crippen LogP contribution in [0.25, 0.3) is 10.9 Å². The van der Waals surface area contributed by atoms with Crippen LogP contribution in [-0.2, 0) is 11.3 Å². The monoisotopic (exact) mass is 455 g/mol. The average molecular weight is 456 g/mol. The first-order valence-corrected chi connectivity index (χ1v) is 11.3. The Hall–Kier alpha value is -3.11. The number of nitrogens with one attached hydrogen (secondary N) is 2. The number of hydrogen-bond donors (Lipinski definition) is 2. The van der Waals surface area contributed by atoms with E-state index >= 15 is 0 Å². The summed E-state index contributed by atoms with van der Waals surface area (Å²) in [6.07, 6.45) is 3.58. The third-order valence-electron chi connectivity index (χ3n) is 5.62. The van der Waals surface area contributed by atoms with E-state index in [0.29, 0.717) is 42.3 Å². The molecule has 1 aromatic carbocycles. The molecule has 0 radical (unpaired) electrons. The predicted octanol–water partition coefficient (Wildman–Crippen LogP) is 3.18. The average Bonchev–Trinajstić information content (AvgIpc) is 3.48. The number of rotatable bonds is 11. The summed E-state index contributed by atoms with van der Waals surface area (Å²) in [7, 11) is 7.11. The second-order valence-electron chi connectivity index (χ2n) is 8.37. The molecular formula is C23H33N7O3. The van der Waals surface area contributed by atoms with Crippen molar-refractivity contribution in [1.82, 2.24) is 25.1 Å². The van der Waals surface area contributed by atoms with Crippen LogP contribution in [0.1, 0.15) is 25.0 Å². The molecule has 178 valence electrons. The van der Waals surface area contributed by atoms with Crippen molar-refractivity contribution in [2.75, 3.05) is 64.8 Å². The smallest absolute Gasteiger partial charge is 0.227 e. The predicted molar refractivity (Wildman–Crippen MR) is 129 cm³/mol. The molecule has 0 saturated carbocycles. The zero-order valence-corrected chi connectivity index (χ0v) is 19.8. The van der Waals surface area contributed by atoms with E-state index in [4.69, 9.17) is 24.2 Å². The van der Waals surface area contributed by atoms with E-state index in [1.54, 1.807) is 14.2 Å². The second kappa shape index (κ2) is 10.7. The number of likely N-dealkylation sites (tertiary alicyclic amines) is 1. The number of hydrogen-bond acceptors (Lipinski definition) is 9. The number of ether oxygens (including phenoxy) is 3. The van der Waals surface area contributed by atoms with Crippen molar-refractivity contribution in [3.8, 4) is 11.5 Å². The number of fused-ring (bicyclic) bond motifs is 1. The summed E-state index contributed by atoms with van der Waals surface area (Å²) < 4.78 is 16.9. The van der Waals surface area contributed by atoms with Crippen LogP contribution >= 0.6 is 0 Å². The summed E-state index contributed by atoms with van der Waals surface area (Å²) >= 11 is 0. The van der Waals surface area contributed by atoms with Crippen LogP contribution in [0.4, 0.5) is 17.6 Å². The van der Waals surface area contributed by atoms with E-state index < -0.39 is 0 Å². The van der Waals surface area contributed by atoms with Gasteiger partial charge in [-0.15, -0.1) is 0 Å². The molecule has 10 nitrogen and oxygen atoms in total. The van der Waals surface area contributed by atoms with Crippen LogP contribution in [0, 0.1) is 0 Å². The fourth-order valence-corrected chi connectivity index (χ4v) is 3.94. The lowest BCUT2D eigenvalue weighted by atomic mass is 10.2. The van der Waals surface area contributed by atoms with Gasteiger partial charge in [0.25, 0.3) is 0 Å². The molecule has 2 aromatic heterocycles. The Morgan fingerprint density at radius 1 is 1.09 bits per heavy atom. The summed E-state index contributed by atoms with van der Waals surface area (Å²) in [5.41, 5.74) is 1.63. The highest BCUT2D eigenvalue weighted by Gasteiger charge is 2.16. The SMILES string of the molecule is COCc1cc(Nc2nc(N(C)C)nc3cc(OCCCN4CCCC4)c(OC)cc23)n[nH]1. The number of benzene rings is 1. The third-order valence-corrected chi connectivity index (χ3v) is 5.62. The van der Waals surface area contributed by atoms with Gasteiger partial charge >= 0.3 is 0 Å². The molecule has 10 heteroatoms. The molecule has 3 heterocycles. The first-order chi connectivity index (χ1) is 16.1. The van der Waals surface area contributed by atoms with Crippen molar-refractivity contribution in [2.45, 2.75) is 25.9 Å². The standard InChI is InChI=1S/C23H33N7O3/c1-29(2)23-24-18-14-20(33-11-7-10-30-8-5-6-9-30)19(32-4)13-17(18)22(26-23)25-21-12-16(15-31-3)27-28-21/h12-14H,5-11,15H2,1-4H3,(H2,24,25,26,27,28). The Balaban J connectivity index is 1.58. The fourth-order valence-electron chi connectivity index (χ4n) is 3.94. The molecule has 2 N–H and O–H groups in total. The number of H-pyrrole nitrogens is 1. The number of aromatic amines is 1. The molecule has 0 bridgehead atoms. The maximum absolute atomic E-state index is 6.11. The lowest BCUT2D eigenvalue weighted by Crippen LogP contribution is -2.21. The van der Waals surface area contributed by atoms with Gasteiger partial charge in [-0.3, -0.25) is 5.10 Å². The van der Waals surface area contributed by atoms with Gasteiger partial charge in [0.2, 0.25) is 5.95 Å². The minimum Gasteiger partial charge on any atom is -0.493 e. The highest BCUT2D eigenvalue weighted by atomic mass is 16.5. The normalized spacial score (nSPS) is 14.1. The van der Waals surface area contributed by atoms with E-state index in [0.717, 1.165) is 29.6 Å². The summed E-state index contributed by atoms with van der Waals surface area (Å²) in [4.78, 5) is 13.8. The zero-order chi connectivity index (χ0) is 23.2.